The highest BCUT2D eigenvalue weighted by Crippen LogP contribution is 2.26. The van der Waals surface area contributed by atoms with Gasteiger partial charge in [-0.25, -0.2) is 4.79 Å². The van der Waals surface area contributed by atoms with Crippen LogP contribution in [0.3, 0.4) is 0 Å². The maximum atomic E-state index is 12.8. The molecule has 0 spiro atoms. The molecule has 1 aliphatic heterocycles. The Labute approximate surface area is 139 Å². The van der Waals surface area contributed by atoms with E-state index in [4.69, 9.17) is 4.74 Å². The molecule has 134 valence electrons. The van der Waals surface area contributed by atoms with Gasteiger partial charge in [0.25, 0.3) is 0 Å². The van der Waals surface area contributed by atoms with Crippen LogP contribution in [0.15, 0.2) is 0 Å². The molecule has 6 nitrogen and oxygen atoms in total. The molecule has 0 aromatic carbocycles. The van der Waals surface area contributed by atoms with Crippen molar-refractivity contribution in [1.82, 2.24) is 9.80 Å². The Balaban J connectivity index is 2.91. The third-order valence-electron chi connectivity index (χ3n) is 3.71. The molecule has 0 aromatic rings. The lowest BCUT2D eigenvalue weighted by molar-refractivity contribution is -0.136. The van der Waals surface area contributed by atoms with Gasteiger partial charge in [-0.2, -0.15) is 0 Å². The van der Waals surface area contributed by atoms with E-state index in [0.29, 0.717) is 25.9 Å². The van der Waals surface area contributed by atoms with Gasteiger partial charge in [-0.3, -0.25) is 9.69 Å². The number of likely N-dealkylation sites (N-methyl/N-ethyl adjacent to an activating group) is 1. The van der Waals surface area contributed by atoms with Crippen molar-refractivity contribution in [3.05, 3.63) is 0 Å². The van der Waals surface area contributed by atoms with E-state index in [2.05, 4.69) is 0 Å². The molecule has 2 atom stereocenters. The number of ether oxygens (including phenoxy) is 1. The molecule has 1 saturated heterocycles. The average Bonchev–Trinajstić information content (AvgIpc) is 2.78. The lowest BCUT2D eigenvalue weighted by Crippen LogP contribution is -2.51. The molecule has 0 aromatic heterocycles. The maximum Gasteiger partial charge on any atom is 0.410 e. The molecule has 2 amide bonds. The van der Waals surface area contributed by atoms with Crippen molar-refractivity contribution in [3.8, 4) is 0 Å². The van der Waals surface area contributed by atoms with Gasteiger partial charge in [0.1, 0.15) is 11.6 Å². The molecule has 0 aliphatic carbocycles. The number of carbonyl (C=O) groups is 2. The van der Waals surface area contributed by atoms with Crippen LogP contribution in [0.4, 0.5) is 4.79 Å². The Morgan fingerprint density at radius 2 is 1.83 bits per heavy atom. The van der Waals surface area contributed by atoms with Crippen LogP contribution in [0.25, 0.3) is 0 Å². The van der Waals surface area contributed by atoms with Crippen LogP contribution in [-0.2, 0) is 9.53 Å². The molecule has 0 saturated carbocycles. The summed E-state index contributed by atoms with van der Waals surface area (Å²) in [6.07, 6.45) is 0.152. The summed E-state index contributed by atoms with van der Waals surface area (Å²) in [6, 6.07) is -0.588. The van der Waals surface area contributed by atoms with Crippen LogP contribution in [0.5, 0.6) is 0 Å². The van der Waals surface area contributed by atoms with Gasteiger partial charge in [0, 0.05) is 20.1 Å². The normalized spacial score (nSPS) is 20.3. The number of aliphatic hydroxyl groups excluding tert-OH is 1. The highest BCUT2D eigenvalue weighted by molar-refractivity contribution is 5.86. The zero-order chi connectivity index (χ0) is 18.0. The number of hydrogen-bond acceptors (Lipinski definition) is 4. The molecule has 1 N–H and O–H groups in total. The molecule has 6 heteroatoms. The number of β-amino-alcohol motifs (C(OH)–C–C–N with tert-alkyl or cyclic N) is 1. The first-order chi connectivity index (χ1) is 10.3. The van der Waals surface area contributed by atoms with Crippen molar-refractivity contribution >= 4 is 12.0 Å². The highest BCUT2D eigenvalue weighted by atomic mass is 16.6. The summed E-state index contributed by atoms with van der Waals surface area (Å²) in [6.45, 7) is 12.4. The number of likely N-dealkylation sites (tertiary alicyclic amines) is 1. The monoisotopic (exact) mass is 328 g/mol. The fourth-order valence-corrected chi connectivity index (χ4v) is 2.58. The zero-order valence-corrected chi connectivity index (χ0v) is 15.5. The summed E-state index contributed by atoms with van der Waals surface area (Å²) < 4.78 is 5.40. The van der Waals surface area contributed by atoms with Crippen LogP contribution in [0.1, 0.15) is 54.4 Å². The van der Waals surface area contributed by atoms with E-state index in [1.165, 1.54) is 4.90 Å². The van der Waals surface area contributed by atoms with Crippen LogP contribution < -0.4 is 0 Å². The number of carbonyl (C=O) groups excluding carboxylic acids is 2. The van der Waals surface area contributed by atoms with Crippen molar-refractivity contribution in [3.63, 3.8) is 0 Å². The Morgan fingerprint density at radius 1 is 1.26 bits per heavy atom. The maximum absolute atomic E-state index is 12.8. The van der Waals surface area contributed by atoms with Crippen molar-refractivity contribution in [2.24, 2.45) is 5.41 Å². The third-order valence-corrected chi connectivity index (χ3v) is 3.71. The minimum Gasteiger partial charge on any atom is -0.444 e. The lowest BCUT2D eigenvalue weighted by atomic mass is 9.87. The molecule has 1 aliphatic rings. The van der Waals surface area contributed by atoms with E-state index in [1.54, 1.807) is 32.7 Å². The van der Waals surface area contributed by atoms with Crippen molar-refractivity contribution in [2.45, 2.75) is 72.1 Å². The fourth-order valence-electron chi connectivity index (χ4n) is 2.58. The Morgan fingerprint density at radius 3 is 2.22 bits per heavy atom. The summed E-state index contributed by atoms with van der Waals surface area (Å²) in [5.41, 5.74) is -0.723. The summed E-state index contributed by atoms with van der Waals surface area (Å²) in [7, 11) is 1.61. The first-order valence-corrected chi connectivity index (χ1v) is 8.23. The van der Waals surface area contributed by atoms with Crippen LogP contribution in [0.2, 0.25) is 0 Å². The minimum absolute atomic E-state index is 0.116. The van der Waals surface area contributed by atoms with E-state index in [-0.39, 0.29) is 11.3 Å². The average molecular weight is 328 g/mol. The first kappa shape index (κ1) is 19.7. The van der Waals surface area contributed by atoms with E-state index in [9.17, 15) is 14.7 Å². The van der Waals surface area contributed by atoms with Gasteiger partial charge >= 0.3 is 6.09 Å². The van der Waals surface area contributed by atoms with Crippen LogP contribution in [-0.4, -0.2) is 64.8 Å². The number of aliphatic hydroxyl groups is 1. The van der Waals surface area contributed by atoms with Crippen LogP contribution >= 0.6 is 0 Å². The molecule has 0 radical (unpaired) electrons. The van der Waals surface area contributed by atoms with E-state index < -0.39 is 23.8 Å². The smallest absolute Gasteiger partial charge is 0.410 e. The zero-order valence-electron chi connectivity index (χ0n) is 15.5. The molecular formula is C17H32N2O4. The van der Waals surface area contributed by atoms with E-state index >= 15 is 0 Å². The number of rotatable bonds is 3. The quantitative estimate of drug-likeness (QED) is 0.862. The SMILES string of the molecule is CN(C(=O)OC(C)(C)C)[C@H](CC(C)(C)C)C(=O)N1CC[C@H](O)C1. The molecule has 0 unspecified atom stereocenters. The van der Waals surface area contributed by atoms with Crippen LogP contribution in [0, 0.1) is 5.41 Å². The molecule has 1 heterocycles. The highest BCUT2D eigenvalue weighted by Gasteiger charge is 2.37. The van der Waals surface area contributed by atoms with Gasteiger partial charge in [0.15, 0.2) is 0 Å². The fraction of sp³-hybridized carbons (Fsp3) is 0.882. The van der Waals surface area contributed by atoms with Gasteiger partial charge < -0.3 is 14.7 Å². The van der Waals surface area contributed by atoms with Gasteiger partial charge in [-0.1, -0.05) is 20.8 Å². The predicted octanol–water partition coefficient (Wildman–Crippen LogP) is 2.25. The first-order valence-electron chi connectivity index (χ1n) is 8.23. The van der Waals surface area contributed by atoms with Crippen molar-refractivity contribution in [1.29, 1.82) is 0 Å². The number of nitrogens with zero attached hydrogens (tertiary/aromatic N) is 2. The van der Waals surface area contributed by atoms with Crippen molar-refractivity contribution < 1.29 is 19.4 Å². The lowest BCUT2D eigenvalue weighted by Gasteiger charge is -2.35. The summed E-state index contributed by atoms with van der Waals surface area (Å²) >= 11 is 0. The van der Waals surface area contributed by atoms with Gasteiger partial charge in [-0.05, 0) is 39.0 Å². The molecule has 0 bridgehead atoms. The van der Waals surface area contributed by atoms with Gasteiger partial charge in [-0.15, -0.1) is 0 Å². The Kier molecular flexibility index (Phi) is 6.07. The largest absolute Gasteiger partial charge is 0.444 e. The van der Waals surface area contributed by atoms with Gasteiger partial charge in [0.05, 0.1) is 6.10 Å². The predicted molar refractivity (Wildman–Crippen MR) is 89.1 cm³/mol. The standard InChI is InChI=1S/C17H32N2O4/c1-16(2,3)10-13(14(21)19-9-8-12(20)11-19)18(7)15(22)23-17(4,5)6/h12-13,20H,8-11H2,1-7H3/t12-,13+/m0/s1. The number of amides is 2. The second-order valence-electron chi connectivity index (χ2n) is 8.60. The Hall–Kier alpha value is -1.30. The van der Waals surface area contributed by atoms with Crippen molar-refractivity contribution in [2.75, 3.05) is 20.1 Å². The summed E-state index contributed by atoms with van der Waals surface area (Å²) in [5, 5.41) is 9.66. The van der Waals surface area contributed by atoms with Gasteiger partial charge in [0.2, 0.25) is 5.91 Å². The Bertz CT molecular complexity index is 437. The third kappa shape index (κ3) is 6.37. The topological polar surface area (TPSA) is 70.1 Å². The van der Waals surface area contributed by atoms with E-state index in [0.717, 1.165) is 0 Å². The summed E-state index contributed by atoms with van der Waals surface area (Å²) in [5.74, 6) is -0.121. The van der Waals surface area contributed by atoms with E-state index in [1.807, 2.05) is 20.8 Å². The number of hydrogen-bond donors (Lipinski definition) is 1. The second-order valence-corrected chi connectivity index (χ2v) is 8.60. The molecule has 1 rings (SSSR count). The minimum atomic E-state index is -0.607. The molecule has 1 fully saturated rings. The molecule has 23 heavy (non-hydrogen) atoms. The molecular weight excluding hydrogens is 296 g/mol. The summed E-state index contributed by atoms with van der Waals surface area (Å²) in [4.78, 5) is 28.2. The second kappa shape index (κ2) is 7.07.